The Balaban J connectivity index is 1.52. The third kappa shape index (κ3) is 3.22. The fourth-order valence-corrected chi connectivity index (χ4v) is 4.82. The second-order valence-corrected chi connectivity index (χ2v) is 7.68. The van der Waals surface area contributed by atoms with Crippen molar-refractivity contribution >= 4 is 11.8 Å². The van der Waals surface area contributed by atoms with Crippen LogP contribution in [0.25, 0.3) is 0 Å². The molecule has 27 heavy (non-hydrogen) atoms. The Labute approximate surface area is 159 Å². The molecule has 2 heterocycles. The molecule has 1 aromatic heterocycles. The number of aromatic nitrogens is 1. The minimum Gasteiger partial charge on any atom is -0.359 e. The molecule has 4 rings (SSSR count). The number of hydrogen-bond acceptors (Lipinski definition) is 3. The van der Waals surface area contributed by atoms with Gasteiger partial charge in [0.05, 0.1) is 5.56 Å². The van der Waals surface area contributed by atoms with Gasteiger partial charge in [0.2, 0.25) is 5.91 Å². The zero-order chi connectivity index (χ0) is 18.9. The number of likely N-dealkylation sites (tertiary alicyclic amines) is 1. The van der Waals surface area contributed by atoms with Crippen molar-refractivity contribution in [3.63, 3.8) is 0 Å². The van der Waals surface area contributed by atoms with E-state index in [0.29, 0.717) is 12.0 Å². The maximum absolute atomic E-state index is 12.7. The van der Waals surface area contributed by atoms with Crippen LogP contribution >= 0.6 is 0 Å². The van der Waals surface area contributed by atoms with Gasteiger partial charge in [0.1, 0.15) is 0 Å². The fraction of sp³-hybridized carbons (Fsp3) is 0.409. The number of nitrogens with one attached hydrogen (secondary N) is 1. The van der Waals surface area contributed by atoms with E-state index in [-0.39, 0.29) is 23.1 Å². The van der Waals surface area contributed by atoms with E-state index in [1.54, 1.807) is 25.5 Å². The van der Waals surface area contributed by atoms with E-state index in [1.807, 2.05) is 11.0 Å². The number of fused-ring (bicyclic) bond motifs is 2. The molecule has 1 atom stereocenters. The lowest BCUT2D eigenvalue weighted by atomic mass is 9.73. The predicted octanol–water partition coefficient (Wildman–Crippen LogP) is 2.88. The molecule has 140 valence electrons. The topological polar surface area (TPSA) is 62.3 Å². The monoisotopic (exact) mass is 363 g/mol. The van der Waals surface area contributed by atoms with Gasteiger partial charge in [-0.25, -0.2) is 0 Å². The summed E-state index contributed by atoms with van der Waals surface area (Å²) in [6, 6.07) is 12.2. The van der Waals surface area contributed by atoms with Crippen LogP contribution in [0.1, 0.15) is 53.1 Å². The lowest BCUT2D eigenvalue weighted by Crippen LogP contribution is -2.44. The lowest BCUT2D eigenvalue weighted by Gasteiger charge is -2.40. The van der Waals surface area contributed by atoms with Crippen molar-refractivity contribution in [3.05, 3.63) is 65.5 Å². The van der Waals surface area contributed by atoms with Gasteiger partial charge in [-0.15, -0.1) is 0 Å². The molecule has 5 heteroatoms. The second kappa shape index (κ2) is 7.14. The van der Waals surface area contributed by atoms with Gasteiger partial charge < -0.3 is 10.2 Å². The largest absolute Gasteiger partial charge is 0.359 e. The first-order valence-electron chi connectivity index (χ1n) is 9.62. The number of rotatable bonds is 3. The first-order valence-corrected chi connectivity index (χ1v) is 9.62. The molecule has 1 unspecified atom stereocenters. The zero-order valence-electron chi connectivity index (χ0n) is 15.6. The van der Waals surface area contributed by atoms with Gasteiger partial charge in [-0.3, -0.25) is 14.6 Å². The number of carbonyl (C=O) groups is 2. The number of carbonyl (C=O) groups excluding carboxylic acids is 2. The molecule has 2 aliphatic rings. The number of nitrogens with zero attached hydrogens (tertiary/aromatic N) is 2. The molecule has 0 bridgehead atoms. The molecule has 2 aromatic rings. The first kappa shape index (κ1) is 17.7. The van der Waals surface area contributed by atoms with Crippen molar-refractivity contribution in [1.29, 1.82) is 0 Å². The van der Waals surface area contributed by atoms with Crippen molar-refractivity contribution in [1.82, 2.24) is 15.2 Å². The minimum absolute atomic E-state index is 0.0612. The third-order valence-electron chi connectivity index (χ3n) is 6.24. The van der Waals surface area contributed by atoms with Gasteiger partial charge in [-0.1, -0.05) is 24.3 Å². The molecule has 0 saturated carbocycles. The summed E-state index contributed by atoms with van der Waals surface area (Å²) in [7, 11) is 1.70. The molecular weight excluding hydrogens is 338 g/mol. The maximum Gasteiger partial charge on any atom is 0.255 e. The van der Waals surface area contributed by atoms with Crippen LogP contribution in [0, 0.1) is 0 Å². The number of pyridine rings is 1. The standard InChI is InChI=1S/C22H25N3O2/c1-23-20(26)13-17-14-22(19-7-3-2-6-18(17)19)8-11-25(12-9-22)21(27)16-5-4-10-24-15-16/h2-7,10,15,17H,8-9,11-14H2,1H3,(H,23,26). The van der Waals surface area contributed by atoms with Crippen molar-refractivity contribution < 1.29 is 9.59 Å². The Morgan fingerprint density at radius 3 is 2.67 bits per heavy atom. The SMILES string of the molecule is CNC(=O)CC1CC2(CCN(C(=O)c3cccnc3)CC2)c2ccccc21. The van der Waals surface area contributed by atoms with Gasteiger partial charge >= 0.3 is 0 Å². The highest BCUT2D eigenvalue weighted by Crippen LogP contribution is 2.52. The molecular formula is C22H25N3O2. The van der Waals surface area contributed by atoms with Crippen LogP contribution < -0.4 is 5.32 Å². The van der Waals surface area contributed by atoms with Gasteiger partial charge in [0.25, 0.3) is 5.91 Å². The molecule has 5 nitrogen and oxygen atoms in total. The highest BCUT2D eigenvalue weighted by Gasteiger charge is 2.46. The van der Waals surface area contributed by atoms with Crippen molar-refractivity contribution in [2.45, 2.75) is 37.0 Å². The number of hydrogen-bond donors (Lipinski definition) is 1. The Hall–Kier alpha value is -2.69. The molecule has 2 amide bonds. The van der Waals surface area contributed by atoms with Crippen LogP contribution in [-0.4, -0.2) is 41.8 Å². The molecule has 1 aliphatic carbocycles. The summed E-state index contributed by atoms with van der Waals surface area (Å²) < 4.78 is 0. The van der Waals surface area contributed by atoms with E-state index in [4.69, 9.17) is 0 Å². The predicted molar refractivity (Wildman–Crippen MR) is 104 cm³/mol. The summed E-state index contributed by atoms with van der Waals surface area (Å²) in [5.41, 5.74) is 3.43. The molecule has 1 aliphatic heterocycles. The number of benzene rings is 1. The van der Waals surface area contributed by atoms with E-state index < -0.39 is 0 Å². The minimum atomic E-state index is 0.0612. The van der Waals surface area contributed by atoms with Crippen LogP contribution in [-0.2, 0) is 10.2 Å². The fourth-order valence-electron chi connectivity index (χ4n) is 4.82. The Bertz CT molecular complexity index is 842. The van der Waals surface area contributed by atoms with Gasteiger partial charge in [0, 0.05) is 39.0 Å². The molecule has 1 aromatic carbocycles. The molecule has 1 fully saturated rings. The molecule has 1 spiro atoms. The van der Waals surface area contributed by atoms with Crippen LogP contribution in [0.4, 0.5) is 0 Å². The Kier molecular flexibility index (Phi) is 4.68. The first-order chi connectivity index (χ1) is 13.1. The lowest BCUT2D eigenvalue weighted by molar-refractivity contribution is -0.121. The molecule has 1 saturated heterocycles. The average Bonchev–Trinajstić information content (AvgIpc) is 3.02. The number of amides is 2. The van der Waals surface area contributed by atoms with Gasteiger partial charge in [0.15, 0.2) is 0 Å². The average molecular weight is 363 g/mol. The third-order valence-corrected chi connectivity index (χ3v) is 6.24. The number of piperidine rings is 1. The van der Waals surface area contributed by atoms with E-state index in [2.05, 4.69) is 34.6 Å². The summed E-state index contributed by atoms with van der Waals surface area (Å²) >= 11 is 0. The normalized spacial score (nSPS) is 20.3. The zero-order valence-corrected chi connectivity index (χ0v) is 15.6. The summed E-state index contributed by atoms with van der Waals surface area (Å²) in [6.07, 6.45) is 6.74. The Morgan fingerprint density at radius 2 is 1.96 bits per heavy atom. The smallest absolute Gasteiger partial charge is 0.255 e. The van der Waals surface area contributed by atoms with Crippen molar-refractivity contribution in [2.24, 2.45) is 0 Å². The van der Waals surface area contributed by atoms with Crippen LogP contribution in [0.5, 0.6) is 0 Å². The second-order valence-electron chi connectivity index (χ2n) is 7.68. The van der Waals surface area contributed by atoms with E-state index in [0.717, 1.165) is 32.4 Å². The van der Waals surface area contributed by atoms with E-state index in [1.165, 1.54) is 11.1 Å². The summed E-state index contributed by atoms with van der Waals surface area (Å²) in [5, 5.41) is 2.76. The molecule has 0 radical (unpaired) electrons. The van der Waals surface area contributed by atoms with Crippen molar-refractivity contribution in [2.75, 3.05) is 20.1 Å². The maximum atomic E-state index is 12.7. The Morgan fingerprint density at radius 1 is 1.19 bits per heavy atom. The van der Waals surface area contributed by atoms with Gasteiger partial charge in [-0.2, -0.15) is 0 Å². The van der Waals surface area contributed by atoms with E-state index in [9.17, 15) is 9.59 Å². The summed E-state index contributed by atoms with van der Waals surface area (Å²) in [6.45, 7) is 1.49. The quantitative estimate of drug-likeness (QED) is 0.912. The van der Waals surface area contributed by atoms with Crippen LogP contribution in [0.15, 0.2) is 48.8 Å². The van der Waals surface area contributed by atoms with E-state index >= 15 is 0 Å². The van der Waals surface area contributed by atoms with Crippen molar-refractivity contribution in [3.8, 4) is 0 Å². The summed E-state index contributed by atoms with van der Waals surface area (Å²) in [4.78, 5) is 30.7. The van der Waals surface area contributed by atoms with Crippen LogP contribution in [0.2, 0.25) is 0 Å². The highest BCUT2D eigenvalue weighted by molar-refractivity contribution is 5.94. The molecule has 1 N–H and O–H groups in total. The van der Waals surface area contributed by atoms with Crippen LogP contribution in [0.3, 0.4) is 0 Å². The highest BCUT2D eigenvalue weighted by atomic mass is 16.2. The summed E-state index contributed by atoms with van der Waals surface area (Å²) in [5.74, 6) is 0.420. The van der Waals surface area contributed by atoms with Gasteiger partial charge in [-0.05, 0) is 53.9 Å².